The number of methoxy groups -OCH3 is 2. The second-order valence-corrected chi connectivity index (χ2v) is 7.80. The van der Waals surface area contributed by atoms with E-state index in [1.54, 1.807) is 48.6 Å². The third-order valence-electron chi connectivity index (χ3n) is 6.00. The summed E-state index contributed by atoms with van der Waals surface area (Å²) in [6.07, 6.45) is -0.982. The Hall–Kier alpha value is -4.04. The number of phenols is 1. The quantitative estimate of drug-likeness (QED) is 0.601. The van der Waals surface area contributed by atoms with E-state index < -0.39 is 24.0 Å². The summed E-state index contributed by atoms with van der Waals surface area (Å²) >= 11 is 0. The van der Waals surface area contributed by atoms with E-state index in [9.17, 15) is 14.7 Å². The van der Waals surface area contributed by atoms with E-state index in [0.717, 1.165) is 0 Å². The van der Waals surface area contributed by atoms with Gasteiger partial charge in [-0.1, -0.05) is 24.3 Å². The second-order valence-electron chi connectivity index (χ2n) is 7.80. The number of phenolic OH excluding ortho intramolecular Hbond substituents is 1. The molecule has 0 unspecified atom stereocenters. The number of para-hydroxylation sites is 1. The Morgan fingerprint density at radius 2 is 1.58 bits per heavy atom. The number of aromatic hydroxyl groups is 1. The number of fused-ring (bicyclic) bond motifs is 1. The van der Waals surface area contributed by atoms with Crippen LogP contribution in [0.4, 0.5) is 11.4 Å². The van der Waals surface area contributed by atoms with Crippen LogP contribution in [0.25, 0.3) is 0 Å². The topological polar surface area (TPSA) is 88.5 Å². The van der Waals surface area contributed by atoms with Gasteiger partial charge in [0.15, 0.2) is 17.6 Å². The summed E-state index contributed by atoms with van der Waals surface area (Å²) in [6.45, 7) is 0. The summed E-state index contributed by atoms with van der Waals surface area (Å²) in [5.41, 5.74) is 1.84. The molecule has 168 valence electrons. The number of imide groups is 1. The minimum absolute atomic E-state index is 0.0170. The van der Waals surface area contributed by atoms with Crippen LogP contribution in [0.5, 0.6) is 17.2 Å². The summed E-state index contributed by atoms with van der Waals surface area (Å²) < 4.78 is 10.5. The predicted octanol–water partition coefficient (Wildman–Crippen LogP) is 3.46. The van der Waals surface area contributed by atoms with Crippen molar-refractivity contribution in [2.45, 2.75) is 12.1 Å². The van der Waals surface area contributed by atoms with E-state index in [1.807, 2.05) is 30.3 Å². The van der Waals surface area contributed by atoms with Crippen molar-refractivity contribution in [1.29, 1.82) is 0 Å². The molecule has 0 spiro atoms. The van der Waals surface area contributed by atoms with E-state index in [-0.39, 0.29) is 17.4 Å². The number of nitrogens with zero attached hydrogens (tertiary/aromatic N) is 2. The molecule has 0 radical (unpaired) electrons. The van der Waals surface area contributed by atoms with Crippen LogP contribution in [0.1, 0.15) is 11.6 Å². The molecule has 8 heteroatoms. The standard InChI is InChI=1S/C25H22N2O6/c1-31-18-11-9-16(10-12-18)26-24(29)21-22(15-8-13-19(28)20(14-15)32-2)27(33-23(21)25(26)30)17-6-4-3-5-7-17/h3-14,21-23,28H,1-2H3/t21-,22-,23+/m0/s1. The molecule has 2 aliphatic rings. The van der Waals surface area contributed by atoms with Crippen LogP contribution < -0.4 is 19.4 Å². The van der Waals surface area contributed by atoms with Gasteiger partial charge in [-0.3, -0.25) is 14.4 Å². The van der Waals surface area contributed by atoms with E-state index in [2.05, 4.69) is 0 Å². The van der Waals surface area contributed by atoms with Gasteiger partial charge in [-0.15, -0.1) is 0 Å². The highest BCUT2D eigenvalue weighted by atomic mass is 16.7. The maximum atomic E-state index is 13.6. The summed E-state index contributed by atoms with van der Waals surface area (Å²) in [4.78, 5) is 34.2. The lowest BCUT2D eigenvalue weighted by Gasteiger charge is -2.29. The molecule has 0 aromatic heterocycles. The zero-order valence-electron chi connectivity index (χ0n) is 18.0. The molecule has 3 aromatic rings. The zero-order chi connectivity index (χ0) is 23.1. The lowest BCUT2D eigenvalue weighted by atomic mass is 9.90. The van der Waals surface area contributed by atoms with Gasteiger partial charge in [0.1, 0.15) is 11.7 Å². The Morgan fingerprint density at radius 3 is 2.24 bits per heavy atom. The van der Waals surface area contributed by atoms with Crippen LogP contribution in [0, 0.1) is 5.92 Å². The van der Waals surface area contributed by atoms with Gasteiger partial charge in [-0.2, -0.15) is 0 Å². The van der Waals surface area contributed by atoms with Crippen molar-refractivity contribution in [3.05, 3.63) is 78.4 Å². The minimum atomic E-state index is -0.982. The molecule has 3 aromatic carbocycles. The molecule has 2 saturated heterocycles. The first kappa shape index (κ1) is 20.8. The average molecular weight is 446 g/mol. The number of hydrogen-bond acceptors (Lipinski definition) is 7. The zero-order valence-corrected chi connectivity index (χ0v) is 18.0. The molecule has 0 bridgehead atoms. The van der Waals surface area contributed by atoms with Crippen molar-refractivity contribution < 1.29 is 29.0 Å². The Bertz CT molecular complexity index is 1200. The molecule has 5 rings (SSSR count). The lowest BCUT2D eigenvalue weighted by Crippen LogP contribution is -2.37. The molecular formula is C25H22N2O6. The fourth-order valence-corrected chi connectivity index (χ4v) is 4.42. The van der Waals surface area contributed by atoms with Gasteiger partial charge >= 0.3 is 0 Å². The van der Waals surface area contributed by atoms with Crippen molar-refractivity contribution >= 4 is 23.2 Å². The van der Waals surface area contributed by atoms with Crippen LogP contribution in [-0.4, -0.2) is 37.2 Å². The number of hydrogen-bond donors (Lipinski definition) is 1. The summed E-state index contributed by atoms with van der Waals surface area (Å²) in [6, 6.07) is 20.3. The number of carbonyl (C=O) groups is 2. The van der Waals surface area contributed by atoms with Crippen LogP contribution in [0.2, 0.25) is 0 Å². The van der Waals surface area contributed by atoms with Crippen molar-refractivity contribution in [1.82, 2.24) is 0 Å². The van der Waals surface area contributed by atoms with Crippen LogP contribution in [0.15, 0.2) is 72.8 Å². The van der Waals surface area contributed by atoms with Crippen LogP contribution >= 0.6 is 0 Å². The Labute approximate surface area is 190 Å². The van der Waals surface area contributed by atoms with Crippen molar-refractivity contribution in [2.75, 3.05) is 24.2 Å². The second kappa shape index (κ2) is 8.14. The largest absolute Gasteiger partial charge is 0.504 e. The highest BCUT2D eigenvalue weighted by Crippen LogP contribution is 2.48. The fourth-order valence-electron chi connectivity index (χ4n) is 4.42. The van der Waals surface area contributed by atoms with E-state index in [4.69, 9.17) is 14.3 Å². The van der Waals surface area contributed by atoms with E-state index in [0.29, 0.717) is 22.7 Å². The molecule has 33 heavy (non-hydrogen) atoms. The maximum absolute atomic E-state index is 13.6. The lowest BCUT2D eigenvalue weighted by molar-refractivity contribution is -0.126. The Balaban J connectivity index is 1.58. The molecule has 1 N–H and O–H groups in total. The van der Waals surface area contributed by atoms with Crippen molar-refractivity contribution in [3.8, 4) is 17.2 Å². The molecule has 8 nitrogen and oxygen atoms in total. The number of anilines is 2. The molecule has 2 amide bonds. The number of hydroxylamine groups is 1. The van der Waals surface area contributed by atoms with Gasteiger partial charge in [0.25, 0.3) is 5.91 Å². The molecule has 0 aliphatic carbocycles. The predicted molar refractivity (Wildman–Crippen MR) is 120 cm³/mol. The van der Waals surface area contributed by atoms with Gasteiger partial charge in [-0.25, -0.2) is 9.96 Å². The van der Waals surface area contributed by atoms with Crippen LogP contribution in [0.3, 0.4) is 0 Å². The smallest absolute Gasteiger partial charge is 0.266 e. The molecule has 2 heterocycles. The highest BCUT2D eigenvalue weighted by molar-refractivity contribution is 6.23. The minimum Gasteiger partial charge on any atom is -0.504 e. The number of amides is 2. The Kier molecular flexibility index (Phi) is 5.14. The first-order valence-electron chi connectivity index (χ1n) is 10.4. The molecule has 2 aliphatic heterocycles. The SMILES string of the molecule is COc1ccc(N2C(=O)[C@@H]3[C@@H](ON(c4ccccc4)[C@H]3c3ccc(O)c(OC)c3)C2=O)cc1. The van der Waals surface area contributed by atoms with E-state index in [1.165, 1.54) is 18.1 Å². The third kappa shape index (κ3) is 3.35. The monoisotopic (exact) mass is 446 g/mol. The van der Waals surface area contributed by atoms with Crippen molar-refractivity contribution in [3.63, 3.8) is 0 Å². The maximum Gasteiger partial charge on any atom is 0.266 e. The first-order chi connectivity index (χ1) is 16.0. The average Bonchev–Trinajstić information content (AvgIpc) is 3.36. The molecule has 2 fully saturated rings. The van der Waals surface area contributed by atoms with Crippen LogP contribution in [-0.2, 0) is 14.4 Å². The third-order valence-corrected chi connectivity index (χ3v) is 6.00. The van der Waals surface area contributed by atoms with Gasteiger partial charge in [0.2, 0.25) is 5.91 Å². The van der Waals surface area contributed by atoms with Gasteiger partial charge in [0.05, 0.1) is 31.6 Å². The summed E-state index contributed by atoms with van der Waals surface area (Å²) in [5.74, 6) is -0.688. The fraction of sp³-hybridized carbons (Fsp3) is 0.200. The van der Waals surface area contributed by atoms with Gasteiger partial charge in [0, 0.05) is 0 Å². The normalized spacial score (nSPS) is 21.9. The number of rotatable bonds is 5. The molecular weight excluding hydrogens is 424 g/mol. The number of benzene rings is 3. The number of ether oxygens (including phenoxy) is 2. The summed E-state index contributed by atoms with van der Waals surface area (Å²) in [7, 11) is 3.01. The van der Waals surface area contributed by atoms with E-state index >= 15 is 0 Å². The summed E-state index contributed by atoms with van der Waals surface area (Å²) in [5, 5.41) is 11.7. The van der Waals surface area contributed by atoms with Crippen molar-refractivity contribution in [2.24, 2.45) is 5.92 Å². The first-order valence-corrected chi connectivity index (χ1v) is 10.4. The number of carbonyl (C=O) groups excluding carboxylic acids is 2. The van der Waals surface area contributed by atoms with Gasteiger partial charge < -0.3 is 14.6 Å². The highest BCUT2D eigenvalue weighted by Gasteiger charge is 2.60. The Morgan fingerprint density at radius 1 is 0.848 bits per heavy atom. The molecule has 0 saturated carbocycles. The molecule has 3 atom stereocenters. The van der Waals surface area contributed by atoms with Gasteiger partial charge in [-0.05, 0) is 54.1 Å².